The third kappa shape index (κ3) is 2.77. The first-order valence-corrected chi connectivity index (χ1v) is 6.06. The molecule has 19 heavy (non-hydrogen) atoms. The molecule has 0 atom stereocenters. The van der Waals surface area contributed by atoms with Gasteiger partial charge in [0.1, 0.15) is 5.84 Å². The smallest absolute Gasteiger partial charge is 0.211 e. The van der Waals surface area contributed by atoms with Crippen LogP contribution in [0.4, 0.5) is 0 Å². The molecule has 1 aromatic heterocycles. The van der Waals surface area contributed by atoms with Gasteiger partial charge in [-0.25, -0.2) is 4.68 Å². The number of nitrogens with zero attached hydrogens (tertiary/aromatic N) is 2. The summed E-state index contributed by atoms with van der Waals surface area (Å²) in [5.74, 6) is -0.383. The lowest BCUT2D eigenvalue weighted by atomic mass is 10.2. The Labute approximate surface area is 119 Å². The van der Waals surface area contributed by atoms with Crippen molar-refractivity contribution in [1.82, 2.24) is 9.78 Å². The average molecular weight is 297 g/mol. The van der Waals surface area contributed by atoms with E-state index in [2.05, 4.69) is 5.10 Å². The van der Waals surface area contributed by atoms with Gasteiger partial charge in [0.25, 0.3) is 0 Å². The van der Waals surface area contributed by atoms with Gasteiger partial charge in [-0.3, -0.25) is 10.2 Å². The number of nitrogens with two attached hydrogens (primary N) is 1. The number of benzene rings is 1. The zero-order chi connectivity index (χ0) is 14.2. The van der Waals surface area contributed by atoms with Crippen molar-refractivity contribution >= 4 is 29.0 Å². The minimum absolute atomic E-state index is 0.110. The van der Waals surface area contributed by atoms with E-state index in [-0.39, 0.29) is 11.5 Å². The molecule has 2 aromatic rings. The molecule has 0 fully saturated rings. The van der Waals surface area contributed by atoms with Crippen LogP contribution in [0.3, 0.4) is 0 Å². The normalized spacial score (nSPS) is 10.5. The molecular formula is C12H10Cl2N4O. The van der Waals surface area contributed by atoms with E-state index in [1.807, 2.05) is 0 Å². The Hall–Kier alpha value is -1.85. The Kier molecular flexibility index (Phi) is 3.59. The number of aromatic nitrogens is 2. The molecule has 0 radical (unpaired) electrons. The highest BCUT2D eigenvalue weighted by Gasteiger charge is 2.10. The van der Waals surface area contributed by atoms with E-state index in [4.69, 9.17) is 34.3 Å². The van der Waals surface area contributed by atoms with Crippen molar-refractivity contribution in [3.8, 4) is 5.69 Å². The number of amidine groups is 1. The number of nitrogen functional groups attached to an aromatic ring is 1. The molecule has 98 valence electrons. The van der Waals surface area contributed by atoms with Crippen LogP contribution in [0.1, 0.15) is 11.4 Å². The number of hydrogen-bond acceptors (Lipinski definition) is 3. The van der Waals surface area contributed by atoms with Gasteiger partial charge in [0, 0.05) is 21.8 Å². The summed E-state index contributed by atoms with van der Waals surface area (Å²) in [6, 6.07) is 6.26. The average Bonchev–Trinajstić information content (AvgIpc) is 2.26. The number of halogens is 2. The molecule has 0 aliphatic heterocycles. The largest absolute Gasteiger partial charge is 0.382 e. The standard InChI is InChI=1S/C12H10Cl2N4O/c1-6-2-10(19)11(12(15)16)17-18(6)9-4-7(13)3-8(14)5-9/h2-5H,1H3,(H3,15,16). The second-order valence-electron chi connectivity index (χ2n) is 3.95. The highest BCUT2D eigenvalue weighted by atomic mass is 35.5. The first-order chi connectivity index (χ1) is 8.88. The van der Waals surface area contributed by atoms with Gasteiger partial charge in [0.15, 0.2) is 5.69 Å². The molecular weight excluding hydrogens is 287 g/mol. The van der Waals surface area contributed by atoms with Gasteiger partial charge in [-0.15, -0.1) is 0 Å². The predicted octanol–water partition coefficient (Wildman–Crippen LogP) is 2.13. The maximum absolute atomic E-state index is 11.7. The predicted molar refractivity (Wildman–Crippen MR) is 75.6 cm³/mol. The number of aryl methyl sites for hydroxylation is 1. The van der Waals surface area contributed by atoms with Gasteiger partial charge in [0.05, 0.1) is 5.69 Å². The molecule has 0 aliphatic rings. The molecule has 0 spiro atoms. The fraction of sp³-hybridized carbons (Fsp3) is 0.0833. The quantitative estimate of drug-likeness (QED) is 0.658. The summed E-state index contributed by atoms with van der Waals surface area (Å²) >= 11 is 11.9. The number of hydrogen-bond donors (Lipinski definition) is 2. The fourth-order valence-electron chi connectivity index (χ4n) is 1.66. The Bertz CT molecular complexity index is 704. The van der Waals surface area contributed by atoms with Crippen molar-refractivity contribution in [2.75, 3.05) is 0 Å². The van der Waals surface area contributed by atoms with Crippen LogP contribution in [0.25, 0.3) is 5.69 Å². The lowest BCUT2D eigenvalue weighted by molar-refractivity contribution is 0.792. The Morgan fingerprint density at radius 3 is 2.37 bits per heavy atom. The van der Waals surface area contributed by atoms with E-state index < -0.39 is 5.43 Å². The second-order valence-corrected chi connectivity index (χ2v) is 4.82. The summed E-state index contributed by atoms with van der Waals surface area (Å²) < 4.78 is 1.47. The zero-order valence-electron chi connectivity index (χ0n) is 9.95. The lowest BCUT2D eigenvalue weighted by Crippen LogP contribution is -2.27. The summed E-state index contributed by atoms with van der Waals surface area (Å²) in [7, 11) is 0. The summed E-state index contributed by atoms with van der Waals surface area (Å²) in [4.78, 5) is 11.7. The van der Waals surface area contributed by atoms with Crippen LogP contribution in [0.15, 0.2) is 29.1 Å². The van der Waals surface area contributed by atoms with E-state index in [0.717, 1.165) is 0 Å². The van der Waals surface area contributed by atoms with Crippen molar-refractivity contribution in [2.24, 2.45) is 5.73 Å². The molecule has 0 saturated heterocycles. The summed E-state index contributed by atoms with van der Waals surface area (Å²) in [6.07, 6.45) is 0. The topological polar surface area (TPSA) is 84.8 Å². The SMILES string of the molecule is Cc1cc(=O)c(C(=N)N)nn1-c1cc(Cl)cc(Cl)c1. The van der Waals surface area contributed by atoms with Crippen LogP contribution in [-0.4, -0.2) is 15.6 Å². The number of nitrogens with one attached hydrogen (secondary N) is 1. The number of rotatable bonds is 2. The third-order valence-corrected chi connectivity index (χ3v) is 2.89. The third-order valence-electron chi connectivity index (χ3n) is 2.45. The molecule has 5 nitrogen and oxygen atoms in total. The minimum Gasteiger partial charge on any atom is -0.382 e. The molecule has 0 amide bonds. The van der Waals surface area contributed by atoms with Gasteiger partial charge in [0.2, 0.25) is 5.43 Å². The monoisotopic (exact) mass is 296 g/mol. The van der Waals surface area contributed by atoms with Crippen molar-refractivity contribution in [3.05, 3.63) is 55.9 Å². The van der Waals surface area contributed by atoms with Gasteiger partial charge in [-0.2, -0.15) is 5.10 Å². The first-order valence-electron chi connectivity index (χ1n) is 5.30. The van der Waals surface area contributed by atoms with Crippen LogP contribution in [-0.2, 0) is 0 Å². The molecule has 0 unspecified atom stereocenters. The van der Waals surface area contributed by atoms with E-state index in [1.165, 1.54) is 10.7 Å². The molecule has 0 saturated carbocycles. The zero-order valence-corrected chi connectivity index (χ0v) is 11.5. The van der Waals surface area contributed by atoms with Gasteiger partial charge >= 0.3 is 0 Å². The van der Waals surface area contributed by atoms with Crippen LogP contribution in [0, 0.1) is 12.3 Å². The van der Waals surface area contributed by atoms with E-state index in [0.29, 0.717) is 21.4 Å². The van der Waals surface area contributed by atoms with Gasteiger partial charge in [-0.1, -0.05) is 23.2 Å². The molecule has 1 heterocycles. The van der Waals surface area contributed by atoms with Crippen LogP contribution in [0.5, 0.6) is 0 Å². The highest BCUT2D eigenvalue weighted by Crippen LogP contribution is 2.21. The van der Waals surface area contributed by atoms with Crippen molar-refractivity contribution in [1.29, 1.82) is 5.41 Å². The van der Waals surface area contributed by atoms with E-state index in [9.17, 15) is 4.79 Å². The van der Waals surface area contributed by atoms with Crippen LogP contribution < -0.4 is 11.2 Å². The summed E-state index contributed by atoms with van der Waals surface area (Å²) in [6.45, 7) is 1.72. The molecule has 0 bridgehead atoms. The molecule has 1 aromatic carbocycles. The Morgan fingerprint density at radius 1 is 1.26 bits per heavy atom. The maximum atomic E-state index is 11.7. The molecule has 3 N–H and O–H groups in total. The van der Waals surface area contributed by atoms with Crippen molar-refractivity contribution in [3.63, 3.8) is 0 Å². The minimum atomic E-state index is -0.394. The van der Waals surface area contributed by atoms with Crippen molar-refractivity contribution < 1.29 is 0 Å². The Morgan fingerprint density at radius 2 is 1.84 bits per heavy atom. The Balaban J connectivity index is 2.71. The lowest BCUT2D eigenvalue weighted by Gasteiger charge is -2.11. The van der Waals surface area contributed by atoms with Gasteiger partial charge < -0.3 is 5.73 Å². The van der Waals surface area contributed by atoms with E-state index in [1.54, 1.807) is 25.1 Å². The summed E-state index contributed by atoms with van der Waals surface area (Å²) in [5, 5.41) is 12.3. The summed E-state index contributed by atoms with van der Waals surface area (Å²) in [5.41, 5.74) is 6.01. The molecule has 7 heteroatoms. The maximum Gasteiger partial charge on any atom is 0.211 e. The van der Waals surface area contributed by atoms with Crippen molar-refractivity contribution in [2.45, 2.75) is 6.92 Å². The molecule has 2 rings (SSSR count). The first kappa shape index (κ1) is 13.6. The fourth-order valence-corrected chi connectivity index (χ4v) is 2.17. The van der Waals surface area contributed by atoms with Crippen LogP contribution in [0.2, 0.25) is 10.0 Å². The van der Waals surface area contributed by atoms with Crippen LogP contribution >= 0.6 is 23.2 Å². The van der Waals surface area contributed by atoms with E-state index >= 15 is 0 Å². The second kappa shape index (κ2) is 5.03. The highest BCUT2D eigenvalue weighted by molar-refractivity contribution is 6.34. The van der Waals surface area contributed by atoms with Gasteiger partial charge in [-0.05, 0) is 25.1 Å². The molecule has 0 aliphatic carbocycles.